The molecule has 1 aliphatic carbocycles. The number of anilines is 1. The number of hydrogen-bond donors (Lipinski definition) is 2. The van der Waals surface area contributed by atoms with E-state index in [0.717, 1.165) is 16.0 Å². The summed E-state index contributed by atoms with van der Waals surface area (Å²) in [5, 5.41) is 5.26. The molecule has 2 aliphatic rings. The van der Waals surface area contributed by atoms with Gasteiger partial charge < -0.3 is 10.6 Å². The van der Waals surface area contributed by atoms with Gasteiger partial charge in [-0.25, -0.2) is 9.18 Å². The summed E-state index contributed by atoms with van der Waals surface area (Å²) in [5.74, 6) is -1.48. The molecule has 0 aromatic heterocycles. The molecule has 4 rings (SSSR count). The second kappa shape index (κ2) is 5.94. The molecule has 2 aromatic carbocycles. The number of imide groups is 1. The number of nitrogens with one attached hydrogen (secondary N) is 2. The maximum Gasteiger partial charge on any atom is 0.325 e. The van der Waals surface area contributed by atoms with Crippen molar-refractivity contribution in [2.75, 3.05) is 11.9 Å². The summed E-state index contributed by atoms with van der Waals surface area (Å²) in [4.78, 5) is 38.4. The normalized spacial score (nSPS) is 21.0. The highest BCUT2D eigenvalue weighted by atomic mass is 19.1. The van der Waals surface area contributed by atoms with Gasteiger partial charge in [0, 0.05) is 5.69 Å². The molecule has 7 heteroatoms. The molecule has 1 heterocycles. The third kappa shape index (κ3) is 2.52. The molecule has 132 valence electrons. The lowest BCUT2D eigenvalue weighted by Crippen LogP contribution is -2.43. The lowest BCUT2D eigenvalue weighted by molar-refractivity contribution is -0.134. The van der Waals surface area contributed by atoms with Crippen LogP contribution >= 0.6 is 0 Å². The van der Waals surface area contributed by atoms with Crippen LogP contribution in [0.3, 0.4) is 0 Å². The minimum atomic E-state index is -1.09. The van der Waals surface area contributed by atoms with Crippen molar-refractivity contribution in [1.82, 2.24) is 10.2 Å². The molecule has 4 amide bonds. The summed E-state index contributed by atoms with van der Waals surface area (Å²) >= 11 is 0. The number of fused-ring (bicyclic) bond motifs is 2. The van der Waals surface area contributed by atoms with Crippen LogP contribution in [0.1, 0.15) is 17.5 Å². The Hall–Kier alpha value is -3.22. The Bertz CT molecular complexity index is 930. The van der Waals surface area contributed by atoms with Crippen molar-refractivity contribution in [2.45, 2.75) is 18.4 Å². The molecule has 1 atom stereocenters. The summed E-state index contributed by atoms with van der Waals surface area (Å²) in [6, 6.07) is 12.3. The fourth-order valence-corrected chi connectivity index (χ4v) is 3.64. The van der Waals surface area contributed by atoms with Crippen molar-refractivity contribution < 1.29 is 18.8 Å². The average molecular weight is 353 g/mol. The van der Waals surface area contributed by atoms with Gasteiger partial charge in [-0.15, -0.1) is 0 Å². The van der Waals surface area contributed by atoms with Crippen molar-refractivity contribution >= 4 is 23.5 Å². The van der Waals surface area contributed by atoms with E-state index in [1.807, 2.05) is 24.3 Å². The minimum Gasteiger partial charge on any atom is -0.324 e. The zero-order valence-electron chi connectivity index (χ0n) is 13.8. The summed E-state index contributed by atoms with van der Waals surface area (Å²) in [6.07, 6.45) is 1.16. The van der Waals surface area contributed by atoms with E-state index in [0.29, 0.717) is 12.8 Å². The predicted octanol–water partition coefficient (Wildman–Crippen LogP) is 2.16. The number of urea groups is 1. The van der Waals surface area contributed by atoms with E-state index >= 15 is 0 Å². The van der Waals surface area contributed by atoms with Crippen molar-refractivity contribution in [3.05, 3.63) is 65.5 Å². The van der Waals surface area contributed by atoms with Gasteiger partial charge in [0.25, 0.3) is 5.91 Å². The monoisotopic (exact) mass is 353 g/mol. The van der Waals surface area contributed by atoms with Crippen molar-refractivity contribution in [3.8, 4) is 0 Å². The van der Waals surface area contributed by atoms with Crippen LogP contribution in [0.4, 0.5) is 14.9 Å². The standard InChI is InChI=1S/C19H16FN3O3/c20-13-5-3-6-14(10-13)21-16(24)11-23-17(25)19(22-18(23)26)9-8-12-4-1-2-7-15(12)19/h1-7,10H,8-9,11H2,(H,21,24)(H,22,26)/t19-/m1/s1. The molecule has 1 aliphatic heterocycles. The zero-order chi connectivity index (χ0) is 18.3. The van der Waals surface area contributed by atoms with Gasteiger partial charge in [-0.1, -0.05) is 30.3 Å². The molecule has 1 spiro atoms. The number of nitrogens with zero attached hydrogens (tertiary/aromatic N) is 1. The molecular weight excluding hydrogens is 337 g/mol. The summed E-state index contributed by atoms with van der Waals surface area (Å²) in [7, 11) is 0. The minimum absolute atomic E-state index is 0.267. The predicted molar refractivity (Wildman–Crippen MR) is 91.7 cm³/mol. The Labute approximate surface area is 149 Å². The Morgan fingerprint density at radius 3 is 2.81 bits per heavy atom. The molecular formula is C19H16FN3O3. The van der Waals surface area contributed by atoms with E-state index in [1.165, 1.54) is 24.3 Å². The van der Waals surface area contributed by atoms with E-state index in [2.05, 4.69) is 10.6 Å². The van der Waals surface area contributed by atoms with E-state index in [-0.39, 0.29) is 5.69 Å². The number of benzene rings is 2. The lowest BCUT2D eigenvalue weighted by Gasteiger charge is -2.22. The second-order valence-electron chi connectivity index (χ2n) is 6.44. The topological polar surface area (TPSA) is 78.5 Å². The number of hydrogen-bond acceptors (Lipinski definition) is 3. The lowest BCUT2D eigenvalue weighted by atomic mass is 9.92. The maximum absolute atomic E-state index is 13.2. The smallest absolute Gasteiger partial charge is 0.324 e. The van der Waals surface area contributed by atoms with Crippen LogP contribution in [0.25, 0.3) is 0 Å². The Balaban J connectivity index is 1.53. The molecule has 1 saturated heterocycles. The highest BCUT2D eigenvalue weighted by Gasteiger charge is 2.55. The molecule has 2 N–H and O–H groups in total. The summed E-state index contributed by atoms with van der Waals surface area (Å²) in [6.45, 7) is -0.425. The number of halogens is 1. The third-order valence-electron chi connectivity index (χ3n) is 4.83. The van der Waals surface area contributed by atoms with Gasteiger partial charge >= 0.3 is 6.03 Å². The number of aryl methyl sites for hydroxylation is 1. The molecule has 0 bridgehead atoms. The maximum atomic E-state index is 13.2. The molecule has 26 heavy (non-hydrogen) atoms. The highest BCUT2D eigenvalue weighted by molar-refractivity contribution is 6.10. The van der Waals surface area contributed by atoms with Crippen molar-refractivity contribution in [2.24, 2.45) is 0 Å². The molecule has 0 radical (unpaired) electrons. The first-order valence-electron chi connectivity index (χ1n) is 8.27. The van der Waals surface area contributed by atoms with Crippen LogP contribution in [0, 0.1) is 5.82 Å². The first kappa shape index (κ1) is 16.3. The van der Waals surface area contributed by atoms with E-state index < -0.39 is 35.7 Å². The largest absolute Gasteiger partial charge is 0.325 e. The molecule has 0 unspecified atom stereocenters. The van der Waals surface area contributed by atoms with Crippen LogP contribution in [-0.4, -0.2) is 29.3 Å². The van der Waals surface area contributed by atoms with E-state index in [9.17, 15) is 18.8 Å². The van der Waals surface area contributed by atoms with Crippen LogP contribution in [-0.2, 0) is 21.5 Å². The first-order valence-corrected chi connectivity index (χ1v) is 8.27. The SMILES string of the molecule is O=C(CN1C(=O)N[C@@]2(CCc3ccccc32)C1=O)Nc1cccc(F)c1. The highest BCUT2D eigenvalue weighted by Crippen LogP contribution is 2.41. The molecule has 1 fully saturated rings. The first-order chi connectivity index (χ1) is 12.5. The van der Waals surface area contributed by atoms with Crippen LogP contribution in [0.2, 0.25) is 0 Å². The fourth-order valence-electron chi connectivity index (χ4n) is 3.64. The Morgan fingerprint density at radius 1 is 1.19 bits per heavy atom. The summed E-state index contributed by atoms with van der Waals surface area (Å²) in [5.41, 5.74) is 0.980. The van der Waals surface area contributed by atoms with Crippen LogP contribution < -0.4 is 10.6 Å². The average Bonchev–Trinajstić information content (AvgIpc) is 3.09. The number of amides is 4. The molecule has 0 saturated carbocycles. The Kier molecular flexibility index (Phi) is 3.72. The second-order valence-corrected chi connectivity index (χ2v) is 6.44. The van der Waals surface area contributed by atoms with Gasteiger partial charge in [-0.2, -0.15) is 0 Å². The zero-order valence-corrected chi connectivity index (χ0v) is 13.8. The fraction of sp³-hybridized carbons (Fsp3) is 0.211. The van der Waals surface area contributed by atoms with Crippen molar-refractivity contribution in [3.63, 3.8) is 0 Å². The molecule has 6 nitrogen and oxygen atoms in total. The Morgan fingerprint density at radius 2 is 2.00 bits per heavy atom. The van der Waals surface area contributed by atoms with Gasteiger partial charge in [-0.3, -0.25) is 14.5 Å². The van der Waals surface area contributed by atoms with Gasteiger partial charge in [0.1, 0.15) is 17.9 Å². The number of carbonyl (C=O) groups excluding carboxylic acids is 3. The van der Waals surface area contributed by atoms with Crippen LogP contribution in [0.5, 0.6) is 0 Å². The molecule has 2 aromatic rings. The van der Waals surface area contributed by atoms with E-state index in [4.69, 9.17) is 0 Å². The quantitative estimate of drug-likeness (QED) is 0.830. The van der Waals surface area contributed by atoms with Gasteiger partial charge in [0.2, 0.25) is 5.91 Å². The van der Waals surface area contributed by atoms with Crippen molar-refractivity contribution in [1.29, 1.82) is 0 Å². The van der Waals surface area contributed by atoms with Gasteiger partial charge in [-0.05, 0) is 42.2 Å². The summed E-state index contributed by atoms with van der Waals surface area (Å²) < 4.78 is 13.2. The van der Waals surface area contributed by atoms with Crippen LogP contribution in [0.15, 0.2) is 48.5 Å². The third-order valence-corrected chi connectivity index (χ3v) is 4.83. The van der Waals surface area contributed by atoms with E-state index in [1.54, 1.807) is 0 Å². The van der Waals surface area contributed by atoms with Gasteiger partial charge in [0.15, 0.2) is 0 Å². The van der Waals surface area contributed by atoms with Gasteiger partial charge in [0.05, 0.1) is 0 Å². The number of rotatable bonds is 3. The number of carbonyl (C=O) groups is 3.